The number of ether oxygens (including phenoxy) is 2. The molecule has 0 heterocycles. The van der Waals surface area contributed by atoms with Gasteiger partial charge in [-0.3, -0.25) is 18.6 Å². The topological polar surface area (TPSA) is 108 Å². The smallest absolute Gasteiger partial charge is 0.462 e. The number of esters is 2. The number of phosphoric ester groups is 1. The molecule has 58 heavy (non-hydrogen) atoms. The molecule has 0 saturated heterocycles. The van der Waals surface area contributed by atoms with Crippen molar-refractivity contribution >= 4 is 19.8 Å². The molecular weight excluding hydrogens is 750 g/mol. The van der Waals surface area contributed by atoms with Gasteiger partial charge in [0.1, 0.15) is 19.8 Å². The molecule has 10 heteroatoms. The van der Waals surface area contributed by atoms with E-state index in [2.05, 4.69) is 80.7 Å². The highest BCUT2D eigenvalue weighted by Gasteiger charge is 2.27. The molecule has 0 spiro atoms. The number of likely N-dealkylation sites (N-methyl/N-ethyl adjacent to an activating group) is 1. The Bertz CT molecular complexity index is 1260. The number of hydrogen-bond acceptors (Lipinski definition) is 7. The standard InChI is InChI=1S/C48H82NO8P/c1-6-8-10-12-14-16-18-20-22-23-24-25-27-28-30-32-34-36-38-40-47(50)54-44-46(45-56-58(52,53)55-43-42-49(3,4)5)57-48(51)41-39-37-35-33-31-29-26-21-19-17-15-13-11-9-7-2/h9,11,14-17,20-22,26,31,33,37,39,46H,6-8,10,12-13,18-19,23-25,27-30,32,34-36,38,40-45H2,1-5H3/p+1/b11-9-,16-14-,17-15-,22-20-,26-21-,33-31-,39-37-. The van der Waals surface area contributed by atoms with Gasteiger partial charge >= 0.3 is 19.8 Å². The predicted octanol–water partition coefficient (Wildman–Crippen LogP) is 12.8. The summed E-state index contributed by atoms with van der Waals surface area (Å²) in [5, 5.41) is 0. The number of carbonyl (C=O) groups is 2. The van der Waals surface area contributed by atoms with E-state index in [1.165, 1.54) is 57.8 Å². The van der Waals surface area contributed by atoms with Crippen LogP contribution in [-0.4, -0.2) is 74.9 Å². The van der Waals surface area contributed by atoms with Crippen molar-refractivity contribution < 1.29 is 42.1 Å². The van der Waals surface area contributed by atoms with E-state index in [4.69, 9.17) is 18.5 Å². The fraction of sp³-hybridized carbons (Fsp3) is 0.667. The van der Waals surface area contributed by atoms with E-state index in [9.17, 15) is 19.0 Å². The summed E-state index contributed by atoms with van der Waals surface area (Å²) in [6.45, 7) is 4.15. The van der Waals surface area contributed by atoms with Crippen molar-refractivity contribution in [2.75, 3.05) is 47.5 Å². The van der Waals surface area contributed by atoms with Crippen molar-refractivity contribution in [2.45, 2.75) is 161 Å². The van der Waals surface area contributed by atoms with E-state index >= 15 is 0 Å². The minimum absolute atomic E-state index is 0.00343. The Labute approximate surface area is 354 Å². The number of rotatable bonds is 39. The zero-order valence-electron chi connectivity index (χ0n) is 37.2. The summed E-state index contributed by atoms with van der Waals surface area (Å²) in [4.78, 5) is 35.3. The highest BCUT2D eigenvalue weighted by atomic mass is 31.2. The zero-order chi connectivity index (χ0) is 42.8. The highest BCUT2D eigenvalue weighted by molar-refractivity contribution is 7.47. The van der Waals surface area contributed by atoms with Gasteiger partial charge in [-0.1, -0.05) is 157 Å². The van der Waals surface area contributed by atoms with Gasteiger partial charge in [0.25, 0.3) is 0 Å². The van der Waals surface area contributed by atoms with Crippen LogP contribution in [0.5, 0.6) is 0 Å². The minimum Gasteiger partial charge on any atom is -0.462 e. The number of hydrogen-bond donors (Lipinski definition) is 1. The van der Waals surface area contributed by atoms with E-state index < -0.39 is 32.5 Å². The Morgan fingerprint density at radius 3 is 1.55 bits per heavy atom. The summed E-state index contributed by atoms with van der Waals surface area (Å²) >= 11 is 0. The number of allylic oxidation sites excluding steroid dienone is 13. The van der Waals surface area contributed by atoms with Gasteiger partial charge in [-0.25, -0.2) is 4.57 Å². The van der Waals surface area contributed by atoms with Crippen LogP contribution in [0.2, 0.25) is 0 Å². The Kier molecular flexibility index (Phi) is 37.7. The average Bonchev–Trinajstić information content (AvgIpc) is 3.17. The third-order valence-corrected chi connectivity index (χ3v) is 9.93. The molecule has 0 fully saturated rings. The number of carbonyl (C=O) groups excluding carboxylic acids is 2. The molecule has 0 aliphatic rings. The molecule has 0 aliphatic heterocycles. The summed E-state index contributed by atoms with van der Waals surface area (Å²) < 4.78 is 34.2. The third kappa shape index (κ3) is 42.8. The fourth-order valence-corrected chi connectivity index (χ4v) is 6.21. The number of phosphoric acid groups is 1. The van der Waals surface area contributed by atoms with Crippen LogP contribution in [0.1, 0.15) is 155 Å². The van der Waals surface area contributed by atoms with Crippen molar-refractivity contribution in [2.24, 2.45) is 0 Å². The third-order valence-electron chi connectivity index (χ3n) is 8.94. The Morgan fingerprint density at radius 1 is 0.569 bits per heavy atom. The molecule has 0 aromatic carbocycles. The van der Waals surface area contributed by atoms with Crippen LogP contribution in [0, 0.1) is 0 Å². The van der Waals surface area contributed by atoms with Gasteiger partial charge in [0.05, 0.1) is 34.2 Å². The Hall–Kier alpha value is -2.81. The number of nitrogens with zero attached hydrogens (tertiary/aromatic N) is 1. The Morgan fingerprint density at radius 2 is 1.03 bits per heavy atom. The zero-order valence-corrected chi connectivity index (χ0v) is 38.1. The lowest BCUT2D eigenvalue weighted by Crippen LogP contribution is -2.37. The second-order valence-electron chi connectivity index (χ2n) is 15.7. The second kappa shape index (κ2) is 39.6. The normalized spacial score (nSPS) is 14.4. The lowest BCUT2D eigenvalue weighted by atomic mass is 10.1. The van der Waals surface area contributed by atoms with Crippen LogP contribution in [0.4, 0.5) is 0 Å². The molecule has 1 N–H and O–H groups in total. The van der Waals surface area contributed by atoms with Crippen molar-refractivity contribution in [3.05, 3.63) is 85.1 Å². The SMILES string of the molecule is CC/C=C\C/C=C\C/C=C\C/C=C\C/C=C\CC(=O)OC(COC(=O)CCCCCCCCCCC/C=C\C/C=C\CCCCC)COP(=O)(O)OCC[N+](C)(C)C. The molecule has 0 bridgehead atoms. The lowest BCUT2D eigenvalue weighted by molar-refractivity contribution is -0.870. The molecular formula is C48H83NO8P+. The largest absolute Gasteiger partial charge is 0.472 e. The lowest BCUT2D eigenvalue weighted by Gasteiger charge is -2.24. The maximum atomic E-state index is 12.6. The molecule has 2 atom stereocenters. The molecule has 0 amide bonds. The van der Waals surface area contributed by atoms with Gasteiger partial charge < -0.3 is 18.9 Å². The van der Waals surface area contributed by atoms with Crippen molar-refractivity contribution in [3.63, 3.8) is 0 Å². The van der Waals surface area contributed by atoms with E-state index in [-0.39, 0.29) is 26.1 Å². The highest BCUT2D eigenvalue weighted by Crippen LogP contribution is 2.43. The van der Waals surface area contributed by atoms with Crippen molar-refractivity contribution in [1.82, 2.24) is 0 Å². The van der Waals surface area contributed by atoms with Crippen LogP contribution in [-0.2, 0) is 32.7 Å². The van der Waals surface area contributed by atoms with Gasteiger partial charge in [-0.2, -0.15) is 0 Å². The molecule has 0 radical (unpaired) electrons. The minimum atomic E-state index is -4.41. The molecule has 332 valence electrons. The summed E-state index contributed by atoms with van der Waals surface area (Å²) in [7, 11) is 1.40. The maximum Gasteiger partial charge on any atom is 0.472 e. The van der Waals surface area contributed by atoms with E-state index in [0.29, 0.717) is 17.4 Å². The van der Waals surface area contributed by atoms with Crippen LogP contribution in [0.25, 0.3) is 0 Å². The Balaban J connectivity index is 4.46. The number of quaternary nitrogens is 1. The van der Waals surface area contributed by atoms with Crippen molar-refractivity contribution in [3.8, 4) is 0 Å². The molecule has 0 saturated carbocycles. The van der Waals surface area contributed by atoms with E-state index in [1.807, 2.05) is 33.3 Å². The summed E-state index contributed by atoms with van der Waals surface area (Å²) in [5.41, 5.74) is 0. The summed E-state index contributed by atoms with van der Waals surface area (Å²) in [5.74, 6) is -0.958. The van der Waals surface area contributed by atoms with Crippen molar-refractivity contribution in [1.29, 1.82) is 0 Å². The molecule has 2 unspecified atom stereocenters. The monoisotopic (exact) mass is 833 g/mol. The molecule has 0 aromatic rings. The van der Waals surface area contributed by atoms with Gasteiger partial charge in [0.15, 0.2) is 6.10 Å². The second-order valence-corrected chi connectivity index (χ2v) is 17.2. The van der Waals surface area contributed by atoms with Gasteiger partial charge in [0, 0.05) is 6.42 Å². The first-order valence-electron chi connectivity index (χ1n) is 22.3. The van der Waals surface area contributed by atoms with Gasteiger partial charge in [0.2, 0.25) is 0 Å². The van der Waals surface area contributed by atoms with Crippen LogP contribution in [0.15, 0.2) is 85.1 Å². The van der Waals surface area contributed by atoms with Gasteiger partial charge in [-0.05, 0) is 70.6 Å². The quantitative estimate of drug-likeness (QED) is 0.0214. The predicted molar refractivity (Wildman–Crippen MR) is 242 cm³/mol. The van der Waals surface area contributed by atoms with Crippen LogP contribution < -0.4 is 0 Å². The van der Waals surface area contributed by atoms with Crippen LogP contribution >= 0.6 is 7.82 Å². The summed E-state index contributed by atoms with van der Waals surface area (Å²) in [6, 6.07) is 0. The van der Waals surface area contributed by atoms with E-state index in [0.717, 1.165) is 64.2 Å². The molecule has 0 aromatic heterocycles. The maximum absolute atomic E-state index is 12.6. The first-order valence-corrected chi connectivity index (χ1v) is 23.8. The first kappa shape index (κ1) is 55.2. The van der Waals surface area contributed by atoms with Crippen LogP contribution in [0.3, 0.4) is 0 Å². The molecule has 0 rings (SSSR count). The molecule has 9 nitrogen and oxygen atoms in total. The fourth-order valence-electron chi connectivity index (χ4n) is 5.47. The number of unbranched alkanes of at least 4 members (excludes halogenated alkanes) is 12. The van der Waals surface area contributed by atoms with E-state index in [1.54, 1.807) is 6.08 Å². The average molecular weight is 833 g/mol. The summed E-state index contributed by atoms with van der Waals surface area (Å²) in [6.07, 6.45) is 50.9. The molecule has 0 aliphatic carbocycles. The first-order chi connectivity index (χ1) is 28.0. The van der Waals surface area contributed by atoms with Gasteiger partial charge in [-0.15, -0.1) is 0 Å².